The highest BCUT2D eigenvalue weighted by atomic mass is 35.5. The van der Waals surface area contributed by atoms with Gasteiger partial charge in [-0.15, -0.1) is 0 Å². The fourth-order valence-electron chi connectivity index (χ4n) is 2.24. The van der Waals surface area contributed by atoms with Crippen molar-refractivity contribution < 1.29 is 13.2 Å². The minimum Gasteiger partial charge on any atom is -0.353 e. The van der Waals surface area contributed by atoms with Crippen molar-refractivity contribution in [3.8, 4) is 0 Å². The Bertz CT molecular complexity index is 436. The Morgan fingerprint density at radius 3 is 2.78 bits per heavy atom. The molecule has 1 aliphatic rings. The second-order valence-corrected chi connectivity index (χ2v) is 4.66. The Morgan fingerprint density at radius 2 is 2.17 bits per heavy atom. The van der Waals surface area contributed by atoms with Gasteiger partial charge in [0.2, 0.25) is 5.82 Å². The molecule has 1 aromatic rings. The molecule has 7 heteroatoms. The standard InChI is InChI=1S/C11H13ClF3N3/c1-2-7-4-3-5-18(7)9-6-8(12)16-10(17-9)11(13,14)15/h6-7H,2-5H2,1H3. The highest BCUT2D eigenvalue weighted by molar-refractivity contribution is 6.29. The molecule has 1 aromatic heterocycles. The lowest BCUT2D eigenvalue weighted by Crippen LogP contribution is -2.30. The maximum absolute atomic E-state index is 12.6. The summed E-state index contributed by atoms with van der Waals surface area (Å²) in [5.74, 6) is -0.904. The van der Waals surface area contributed by atoms with Gasteiger partial charge in [-0.05, 0) is 19.3 Å². The van der Waals surface area contributed by atoms with Crippen molar-refractivity contribution in [2.24, 2.45) is 0 Å². The van der Waals surface area contributed by atoms with Crippen LogP contribution in [-0.4, -0.2) is 22.6 Å². The van der Waals surface area contributed by atoms with E-state index in [9.17, 15) is 13.2 Å². The van der Waals surface area contributed by atoms with E-state index in [4.69, 9.17) is 11.6 Å². The van der Waals surface area contributed by atoms with Crippen LogP contribution in [0.25, 0.3) is 0 Å². The van der Waals surface area contributed by atoms with Crippen molar-refractivity contribution in [2.45, 2.75) is 38.4 Å². The Morgan fingerprint density at radius 1 is 1.44 bits per heavy atom. The van der Waals surface area contributed by atoms with Gasteiger partial charge in [0, 0.05) is 18.7 Å². The quantitative estimate of drug-likeness (QED) is 0.776. The summed E-state index contributed by atoms with van der Waals surface area (Å²) in [5, 5.41) is -0.172. The second kappa shape index (κ2) is 4.91. The Kier molecular flexibility index (Phi) is 3.66. The number of anilines is 1. The molecule has 1 fully saturated rings. The molecule has 1 aliphatic heterocycles. The third-order valence-electron chi connectivity index (χ3n) is 3.08. The summed E-state index contributed by atoms with van der Waals surface area (Å²) in [6, 6.07) is 1.63. The molecule has 0 spiro atoms. The van der Waals surface area contributed by atoms with Gasteiger partial charge in [-0.3, -0.25) is 0 Å². The maximum atomic E-state index is 12.6. The van der Waals surface area contributed by atoms with Crippen LogP contribution in [0.1, 0.15) is 32.0 Å². The Labute approximate surface area is 108 Å². The molecule has 0 bridgehead atoms. The van der Waals surface area contributed by atoms with E-state index in [2.05, 4.69) is 9.97 Å². The van der Waals surface area contributed by atoms with Crippen molar-refractivity contribution in [1.29, 1.82) is 0 Å². The fourth-order valence-corrected chi connectivity index (χ4v) is 2.42. The van der Waals surface area contributed by atoms with Gasteiger partial charge >= 0.3 is 6.18 Å². The zero-order chi connectivity index (χ0) is 13.3. The van der Waals surface area contributed by atoms with Crippen molar-refractivity contribution in [3.05, 3.63) is 17.0 Å². The van der Waals surface area contributed by atoms with Crippen LogP contribution >= 0.6 is 11.6 Å². The molecule has 2 heterocycles. The van der Waals surface area contributed by atoms with Crippen LogP contribution in [-0.2, 0) is 6.18 Å². The van der Waals surface area contributed by atoms with Crippen LogP contribution in [0.5, 0.6) is 0 Å². The summed E-state index contributed by atoms with van der Waals surface area (Å²) in [7, 11) is 0. The van der Waals surface area contributed by atoms with Crippen molar-refractivity contribution >= 4 is 17.4 Å². The van der Waals surface area contributed by atoms with E-state index in [0.29, 0.717) is 6.54 Å². The lowest BCUT2D eigenvalue weighted by molar-refractivity contribution is -0.144. The van der Waals surface area contributed by atoms with E-state index in [1.165, 1.54) is 6.07 Å². The fraction of sp³-hybridized carbons (Fsp3) is 0.636. The van der Waals surface area contributed by atoms with E-state index < -0.39 is 12.0 Å². The first kappa shape index (κ1) is 13.4. The molecule has 0 saturated carbocycles. The first-order valence-corrected chi connectivity index (χ1v) is 6.18. The summed E-state index contributed by atoms with van der Waals surface area (Å²) < 4.78 is 37.8. The summed E-state index contributed by atoms with van der Waals surface area (Å²) in [5.41, 5.74) is 0. The minimum atomic E-state index is -4.57. The summed E-state index contributed by atoms with van der Waals surface area (Å²) >= 11 is 5.65. The Hall–Kier alpha value is -1.04. The zero-order valence-corrected chi connectivity index (χ0v) is 10.6. The molecule has 2 rings (SSSR count). The number of rotatable bonds is 2. The van der Waals surface area contributed by atoms with Gasteiger partial charge in [0.25, 0.3) is 0 Å². The highest BCUT2D eigenvalue weighted by Crippen LogP contribution is 2.32. The third-order valence-corrected chi connectivity index (χ3v) is 3.27. The molecular weight excluding hydrogens is 267 g/mol. The van der Waals surface area contributed by atoms with Crippen molar-refractivity contribution in [2.75, 3.05) is 11.4 Å². The van der Waals surface area contributed by atoms with Crippen LogP contribution < -0.4 is 4.90 Å². The lowest BCUT2D eigenvalue weighted by atomic mass is 10.2. The highest BCUT2D eigenvalue weighted by Gasteiger charge is 2.36. The SMILES string of the molecule is CCC1CCCN1c1cc(Cl)nc(C(F)(F)F)n1. The zero-order valence-electron chi connectivity index (χ0n) is 9.84. The number of halogens is 4. The average Bonchev–Trinajstić information content (AvgIpc) is 2.74. The van der Waals surface area contributed by atoms with Gasteiger partial charge in [0.05, 0.1) is 0 Å². The summed E-state index contributed by atoms with van der Waals surface area (Å²) in [6.45, 7) is 2.72. The van der Waals surface area contributed by atoms with Gasteiger partial charge in [-0.25, -0.2) is 9.97 Å². The lowest BCUT2D eigenvalue weighted by Gasteiger charge is -2.25. The van der Waals surface area contributed by atoms with Gasteiger partial charge < -0.3 is 4.90 Å². The molecule has 100 valence electrons. The normalized spacial score (nSPS) is 20.5. The van der Waals surface area contributed by atoms with Crippen molar-refractivity contribution in [1.82, 2.24) is 9.97 Å². The van der Waals surface area contributed by atoms with Crippen LogP contribution in [0.15, 0.2) is 6.07 Å². The van der Waals surface area contributed by atoms with E-state index in [-0.39, 0.29) is 17.0 Å². The van der Waals surface area contributed by atoms with Crippen LogP contribution in [0, 0.1) is 0 Å². The molecule has 1 atom stereocenters. The number of hydrogen-bond acceptors (Lipinski definition) is 3. The predicted octanol–water partition coefficient (Wildman–Crippen LogP) is 3.53. The van der Waals surface area contributed by atoms with Crippen LogP contribution in [0.3, 0.4) is 0 Å². The Balaban J connectivity index is 2.36. The van der Waals surface area contributed by atoms with Gasteiger partial charge in [0.15, 0.2) is 0 Å². The predicted molar refractivity (Wildman–Crippen MR) is 62.7 cm³/mol. The van der Waals surface area contributed by atoms with E-state index in [0.717, 1.165) is 19.3 Å². The number of aromatic nitrogens is 2. The van der Waals surface area contributed by atoms with Crippen molar-refractivity contribution in [3.63, 3.8) is 0 Å². The van der Waals surface area contributed by atoms with Crippen LogP contribution in [0.2, 0.25) is 5.15 Å². The van der Waals surface area contributed by atoms with E-state index in [1.807, 2.05) is 11.8 Å². The van der Waals surface area contributed by atoms with Crippen LogP contribution in [0.4, 0.5) is 19.0 Å². The first-order chi connectivity index (χ1) is 8.41. The average molecular weight is 280 g/mol. The minimum absolute atomic E-state index is 0.172. The monoisotopic (exact) mass is 279 g/mol. The topological polar surface area (TPSA) is 29.0 Å². The number of alkyl halides is 3. The van der Waals surface area contributed by atoms with Gasteiger partial charge in [-0.1, -0.05) is 18.5 Å². The molecule has 1 saturated heterocycles. The smallest absolute Gasteiger partial charge is 0.353 e. The van der Waals surface area contributed by atoms with E-state index in [1.54, 1.807) is 0 Å². The molecular formula is C11H13ClF3N3. The largest absolute Gasteiger partial charge is 0.451 e. The van der Waals surface area contributed by atoms with Gasteiger partial charge in [0.1, 0.15) is 11.0 Å². The van der Waals surface area contributed by atoms with Gasteiger partial charge in [-0.2, -0.15) is 13.2 Å². The number of hydrogen-bond donors (Lipinski definition) is 0. The summed E-state index contributed by atoms with van der Waals surface area (Å²) in [4.78, 5) is 8.70. The summed E-state index contributed by atoms with van der Waals surface area (Å²) in [6.07, 6.45) is -1.76. The molecule has 0 radical (unpaired) electrons. The molecule has 1 unspecified atom stereocenters. The second-order valence-electron chi connectivity index (χ2n) is 4.27. The third kappa shape index (κ3) is 2.68. The first-order valence-electron chi connectivity index (χ1n) is 5.80. The molecule has 3 nitrogen and oxygen atoms in total. The molecule has 0 N–H and O–H groups in total. The molecule has 0 aromatic carbocycles. The molecule has 0 amide bonds. The maximum Gasteiger partial charge on any atom is 0.451 e. The molecule has 0 aliphatic carbocycles. The van der Waals surface area contributed by atoms with E-state index >= 15 is 0 Å². The number of nitrogens with zero attached hydrogens (tertiary/aromatic N) is 3. The molecule has 18 heavy (non-hydrogen) atoms.